The highest BCUT2D eigenvalue weighted by Crippen LogP contribution is 2.26. The van der Waals surface area contributed by atoms with E-state index in [0.29, 0.717) is 18.7 Å². The average Bonchev–Trinajstić information content (AvgIpc) is 2.20. The molecule has 0 heterocycles. The van der Waals surface area contributed by atoms with Gasteiger partial charge in [0.15, 0.2) is 0 Å². The molecule has 1 rings (SSSR count). The fourth-order valence-electron chi connectivity index (χ4n) is 1.01. The highest BCUT2D eigenvalue weighted by molar-refractivity contribution is 6.33. The summed E-state index contributed by atoms with van der Waals surface area (Å²) >= 11 is 5.80. The highest BCUT2D eigenvalue weighted by atomic mass is 35.5. The van der Waals surface area contributed by atoms with E-state index in [2.05, 4.69) is 5.32 Å². The van der Waals surface area contributed by atoms with Gasteiger partial charge in [-0.3, -0.25) is 10.1 Å². The van der Waals surface area contributed by atoms with Gasteiger partial charge in [0.25, 0.3) is 5.69 Å². The van der Waals surface area contributed by atoms with E-state index in [4.69, 9.17) is 16.9 Å². The number of benzene rings is 1. The summed E-state index contributed by atoms with van der Waals surface area (Å²) in [4.78, 5) is 9.90. The fourth-order valence-corrected chi connectivity index (χ4v) is 1.26. The van der Waals surface area contributed by atoms with Gasteiger partial charge in [-0.05, 0) is 6.07 Å². The van der Waals surface area contributed by atoms with Gasteiger partial charge in [0.05, 0.1) is 28.1 Å². The summed E-state index contributed by atoms with van der Waals surface area (Å²) in [5, 5.41) is 21.9. The third kappa shape index (κ3) is 3.11. The van der Waals surface area contributed by atoms with Crippen LogP contribution >= 0.6 is 11.6 Å². The number of nitro benzene ring substituents is 1. The third-order valence-electron chi connectivity index (χ3n) is 1.72. The molecule has 0 saturated carbocycles. The molecule has 78 valence electrons. The van der Waals surface area contributed by atoms with E-state index < -0.39 is 4.92 Å². The molecule has 1 N–H and O–H groups in total. The van der Waals surface area contributed by atoms with E-state index in [1.165, 1.54) is 18.2 Å². The Hall–Kier alpha value is -1.80. The lowest BCUT2D eigenvalue weighted by Crippen LogP contribution is -2.01. The van der Waals surface area contributed by atoms with Gasteiger partial charge in [-0.25, -0.2) is 0 Å². The molecule has 0 aliphatic heterocycles. The van der Waals surface area contributed by atoms with Crippen LogP contribution in [-0.2, 0) is 0 Å². The monoisotopic (exact) mass is 225 g/mol. The van der Waals surface area contributed by atoms with E-state index in [0.717, 1.165) is 0 Å². The predicted molar refractivity (Wildman–Crippen MR) is 56.8 cm³/mol. The number of nitro groups is 1. The molecular weight excluding hydrogens is 218 g/mol. The number of halogens is 1. The Labute approximate surface area is 91.4 Å². The summed E-state index contributed by atoms with van der Waals surface area (Å²) in [6, 6.07) is 6.13. The van der Waals surface area contributed by atoms with Gasteiger partial charge in [0, 0.05) is 18.7 Å². The molecule has 0 aliphatic carbocycles. The molecule has 0 amide bonds. The molecule has 5 nitrogen and oxygen atoms in total. The summed E-state index contributed by atoms with van der Waals surface area (Å²) in [5.41, 5.74) is 0.545. The second-order valence-corrected chi connectivity index (χ2v) is 3.16. The zero-order valence-electron chi connectivity index (χ0n) is 7.74. The Balaban J connectivity index is 2.76. The van der Waals surface area contributed by atoms with Crippen LogP contribution in [0.5, 0.6) is 0 Å². The largest absolute Gasteiger partial charge is 0.383 e. The second-order valence-electron chi connectivity index (χ2n) is 2.76. The summed E-state index contributed by atoms with van der Waals surface area (Å²) in [7, 11) is 0. The van der Waals surface area contributed by atoms with Gasteiger partial charge in [-0.15, -0.1) is 0 Å². The summed E-state index contributed by atoms with van der Waals surface area (Å²) in [6.07, 6.45) is 0.354. The maximum absolute atomic E-state index is 10.4. The van der Waals surface area contributed by atoms with Crippen molar-refractivity contribution in [3.8, 4) is 6.07 Å². The molecule has 1 aromatic rings. The Morgan fingerprint density at radius 3 is 2.87 bits per heavy atom. The number of non-ortho nitro benzene ring substituents is 1. The van der Waals surface area contributed by atoms with Gasteiger partial charge < -0.3 is 5.32 Å². The molecule has 0 unspecified atom stereocenters. The van der Waals surface area contributed by atoms with E-state index in [9.17, 15) is 10.1 Å². The average molecular weight is 226 g/mol. The minimum atomic E-state index is -0.509. The molecule has 0 aliphatic rings. The van der Waals surface area contributed by atoms with E-state index in [-0.39, 0.29) is 10.7 Å². The van der Waals surface area contributed by atoms with Crippen molar-refractivity contribution in [2.75, 3.05) is 11.9 Å². The standard InChI is InChI=1S/C9H8ClN3O2/c10-8-6-7(13(14)15)2-3-9(8)12-5-1-4-11/h2-3,6,12H,1,5H2. The first kappa shape index (κ1) is 11.3. The van der Waals surface area contributed by atoms with Gasteiger partial charge >= 0.3 is 0 Å². The van der Waals surface area contributed by atoms with Crippen LogP contribution in [0.4, 0.5) is 11.4 Å². The minimum absolute atomic E-state index is 0.0502. The van der Waals surface area contributed by atoms with Crippen LogP contribution in [0.2, 0.25) is 5.02 Å². The molecule has 0 atom stereocenters. The summed E-state index contributed by atoms with van der Waals surface area (Å²) < 4.78 is 0. The van der Waals surface area contributed by atoms with Crippen molar-refractivity contribution in [2.24, 2.45) is 0 Å². The molecule has 15 heavy (non-hydrogen) atoms. The Bertz CT molecular complexity index is 414. The lowest BCUT2D eigenvalue weighted by molar-refractivity contribution is -0.384. The van der Waals surface area contributed by atoms with Crippen molar-refractivity contribution >= 4 is 23.0 Å². The lowest BCUT2D eigenvalue weighted by Gasteiger charge is -2.05. The van der Waals surface area contributed by atoms with Crippen molar-refractivity contribution in [1.82, 2.24) is 0 Å². The summed E-state index contributed by atoms with van der Waals surface area (Å²) in [5.74, 6) is 0. The molecule has 6 heteroatoms. The van der Waals surface area contributed by atoms with Crippen molar-refractivity contribution in [3.63, 3.8) is 0 Å². The highest BCUT2D eigenvalue weighted by Gasteiger charge is 2.08. The number of rotatable bonds is 4. The number of hydrogen-bond acceptors (Lipinski definition) is 4. The van der Waals surface area contributed by atoms with Crippen molar-refractivity contribution in [1.29, 1.82) is 5.26 Å². The van der Waals surface area contributed by atoms with Crippen LogP contribution in [0, 0.1) is 21.4 Å². The topological polar surface area (TPSA) is 79.0 Å². The quantitative estimate of drug-likeness (QED) is 0.485. The number of hydrogen-bond donors (Lipinski definition) is 1. The zero-order valence-corrected chi connectivity index (χ0v) is 8.49. The number of nitrogens with zero attached hydrogens (tertiary/aromatic N) is 2. The molecule has 1 aromatic carbocycles. The molecule has 0 fully saturated rings. The Morgan fingerprint density at radius 1 is 1.60 bits per heavy atom. The number of anilines is 1. The minimum Gasteiger partial charge on any atom is -0.383 e. The molecule has 0 bridgehead atoms. The smallest absolute Gasteiger partial charge is 0.271 e. The first-order chi connectivity index (χ1) is 7.15. The Kier molecular flexibility index (Phi) is 3.89. The molecular formula is C9H8ClN3O2. The van der Waals surface area contributed by atoms with Crippen molar-refractivity contribution in [2.45, 2.75) is 6.42 Å². The van der Waals surface area contributed by atoms with Gasteiger partial charge in [-0.2, -0.15) is 5.26 Å². The molecule has 0 saturated heterocycles. The van der Waals surface area contributed by atoms with Crippen molar-refractivity contribution < 1.29 is 4.92 Å². The molecule has 0 aromatic heterocycles. The molecule has 0 radical (unpaired) electrons. The van der Waals surface area contributed by atoms with Crippen LogP contribution in [0.25, 0.3) is 0 Å². The van der Waals surface area contributed by atoms with Gasteiger partial charge in [0.1, 0.15) is 0 Å². The number of nitriles is 1. The first-order valence-electron chi connectivity index (χ1n) is 4.20. The number of nitrogens with one attached hydrogen (secondary N) is 1. The van der Waals surface area contributed by atoms with E-state index >= 15 is 0 Å². The maximum Gasteiger partial charge on any atom is 0.271 e. The van der Waals surface area contributed by atoms with E-state index in [1.54, 1.807) is 0 Å². The lowest BCUT2D eigenvalue weighted by atomic mass is 10.3. The Morgan fingerprint density at radius 2 is 2.33 bits per heavy atom. The summed E-state index contributed by atoms with van der Waals surface area (Å²) in [6.45, 7) is 0.466. The van der Waals surface area contributed by atoms with Gasteiger partial charge in [-0.1, -0.05) is 11.6 Å². The van der Waals surface area contributed by atoms with Crippen LogP contribution in [0.3, 0.4) is 0 Å². The van der Waals surface area contributed by atoms with Crippen LogP contribution in [0.1, 0.15) is 6.42 Å². The fraction of sp³-hybridized carbons (Fsp3) is 0.222. The normalized spacial score (nSPS) is 9.33. The predicted octanol–water partition coefficient (Wildman–Crippen LogP) is 2.57. The zero-order chi connectivity index (χ0) is 11.3. The van der Waals surface area contributed by atoms with Crippen LogP contribution in [0.15, 0.2) is 18.2 Å². The van der Waals surface area contributed by atoms with Gasteiger partial charge in [0.2, 0.25) is 0 Å². The van der Waals surface area contributed by atoms with E-state index in [1.807, 2.05) is 6.07 Å². The van der Waals surface area contributed by atoms with Crippen molar-refractivity contribution in [3.05, 3.63) is 33.3 Å². The maximum atomic E-state index is 10.4. The molecule has 0 spiro atoms. The van der Waals surface area contributed by atoms with Crippen LogP contribution in [-0.4, -0.2) is 11.5 Å². The second kappa shape index (κ2) is 5.17. The third-order valence-corrected chi connectivity index (χ3v) is 2.03. The SMILES string of the molecule is N#CCCNc1ccc([N+](=O)[O-])cc1Cl. The van der Waals surface area contributed by atoms with Crippen LogP contribution < -0.4 is 5.32 Å². The first-order valence-corrected chi connectivity index (χ1v) is 4.57.